The molecule has 6 heteroatoms. The van der Waals surface area contributed by atoms with Crippen molar-refractivity contribution in [3.05, 3.63) is 23.5 Å². The van der Waals surface area contributed by atoms with Crippen molar-refractivity contribution in [3.8, 4) is 6.07 Å². The van der Waals surface area contributed by atoms with Crippen LogP contribution in [0.1, 0.15) is 6.42 Å². The quantitative estimate of drug-likeness (QED) is 0.725. The summed E-state index contributed by atoms with van der Waals surface area (Å²) >= 11 is 5.78. The van der Waals surface area contributed by atoms with Crippen LogP contribution in [-0.4, -0.2) is 21.8 Å². The first-order valence-electron chi connectivity index (χ1n) is 3.78. The maximum atomic E-state index is 8.50. The molecule has 0 spiro atoms. The molecule has 0 fully saturated rings. The molecule has 0 amide bonds. The molecule has 0 bridgehead atoms. The molecule has 0 aromatic carbocycles. The van der Waals surface area contributed by atoms with Crippen LogP contribution in [0.4, 0.5) is 0 Å². The average Bonchev–Trinajstić information content (AvgIpc) is 2.17. The van der Waals surface area contributed by atoms with Crippen LogP contribution in [0.3, 0.4) is 0 Å². The summed E-state index contributed by atoms with van der Waals surface area (Å²) in [5.74, 6) is 0. The van der Waals surface area contributed by atoms with E-state index in [4.69, 9.17) is 16.9 Å². The van der Waals surface area contributed by atoms with Crippen molar-refractivity contribution in [2.24, 2.45) is 4.99 Å². The number of allylic oxidation sites excluding steroid dienone is 1. The van der Waals surface area contributed by atoms with E-state index in [1.807, 2.05) is 6.07 Å². The second-order valence-electron chi connectivity index (χ2n) is 2.41. The van der Waals surface area contributed by atoms with E-state index in [1.165, 1.54) is 11.0 Å². The Morgan fingerprint density at radius 3 is 3.14 bits per heavy atom. The normalized spacial score (nSPS) is 11.1. The van der Waals surface area contributed by atoms with E-state index in [-0.39, 0.29) is 11.6 Å². The van der Waals surface area contributed by atoms with Crippen molar-refractivity contribution >= 4 is 17.3 Å². The van der Waals surface area contributed by atoms with Crippen LogP contribution in [0.2, 0.25) is 5.15 Å². The SMILES string of the molecule is C=C(CC#N)n1ncnc(Cl)c1=NC. The van der Waals surface area contributed by atoms with E-state index in [9.17, 15) is 0 Å². The van der Waals surface area contributed by atoms with Crippen molar-refractivity contribution in [3.63, 3.8) is 0 Å². The lowest BCUT2D eigenvalue weighted by Crippen LogP contribution is -2.24. The van der Waals surface area contributed by atoms with Gasteiger partial charge >= 0.3 is 0 Å². The molecule has 0 unspecified atom stereocenters. The van der Waals surface area contributed by atoms with Crippen molar-refractivity contribution < 1.29 is 0 Å². The Balaban J connectivity index is 3.30. The predicted molar refractivity (Wildman–Crippen MR) is 52.1 cm³/mol. The molecule has 0 atom stereocenters. The Bertz CT molecular complexity index is 454. The largest absolute Gasteiger partial charge is 0.267 e. The molecule has 5 nitrogen and oxygen atoms in total. The van der Waals surface area contributed by atoms with Crippen LogP contribution in [0.15, 0.2) is 17.9 Å². The number of aromatic nitrogens is 3. The number of nitriles is 1. The number of hydrogen-bond acceptors (Lipinski definition) is 4. The maximum Gasteiger partial charge on any atom is 0.186 e. The monoisotopic (exact) mass is 209 g/mol. The fraction of sp³-hybridized carbons (Fsp3) is 0.250. The van der Waals surface area contributed by atoms with Gasteiger partial charge in [0.25, 0.3) is 0 Å². The van der Waals surface area contributed by atoms with E-state index in [0.717, 1.165) is 0 Å². The standard InChI is InChI=1S/C8H8ClN5/c1-6(3-4-10)14-8(11-2)7(9)12-5-13-14/h5H,1,3H2,2H3. The van der Waals surface area contributed by atoms with E-state index < -0.39 is 0 Å². The highest BCUT2D eigenvalue weighted by atomic mass is 35.5. The molecular formula is C8H8ClN5. The lowest BCUT2D eigenvalue weighted by atomic mass is 10.4. The second kappa shape index (κ2) is 4.53. The van der Waals surface area contributed by atoms with Crippen molar-refractivity contribution in [2.45, 2.75) is 6.42 Å². The molecule has 0 saturated carbocycles. The highest BCUT2D eigenvalue weighted by Gasteiger charge is 2.03. The third-order valence-electron chi connectivity index (χ3n) is 1.52. The van der Waals surface area contributed by atoms with Gasteiger partial charge in [-0.3, -0.25) is 4.99 Å². The van der Waals surface area contributed by atoms with Gasteiger partial charge < -0.3 is 0 Å². The van der Waals surface area contributed by atoms with E-state index in [0.29, 0.717) is 11.2 Å². The second-order valence-corrected chi connectivity index (χ2v) is 2.77. The molecule has 1 rings (SSSR count). The Labute approximate surface area is 86.0 Å². The minimum absolute atomic E-state index is 0.167. The summed E-state index contributed by atoms with van der Waals surface area (Å²) in [5.41, 5.74) is 0.909. The number of hydrogen-bond donors (Lipinski definition) is 0. The molecular weight excluding hydrogens is 202 g/mol. The van der Waals surface area contributed by atoms with Crippen molar-refractivity contribution in [1.82, 2.24) is 14.8 Å². The maximum absolute atomic E-state index is 8.50. The number of halogens is 1. The summed E-state index contributed by atoms with van der Waals surface area (Å²) in [5, 5.41) is 12.6. The summed E-state index contributed by atoms with van der Waals surface area (Å²) in [7, 11) is 1.57. The smallest absolute Gasteiger partial charge is 0.186 e. The molecule has 0 radical (unpaired) electrons. The van der Waals surface area contributed by atoms with E-state index >= 15 is 0 Å². The van der Waals surface area contributed by atoms with Crippen LogP contribution in [0.25, 0.3) is 5.70 Å². The minimum atomic E-state index is 0.167. The summed E-state index contributed by atoms with van der Waals surface area (Å²) in [6, 6.07) is 1.97. The van der Waals surface area contributed by atoms with Gasteiger partial charge in [0.05, 0.1) is 18.2 Å². The van der Waals surface area contributed by atoms with E-state index in [1.54, 1.807) is 7.05 Å². The Hall–Kier alpha value is -1.67. The van der Waals surface area contributed by atoms with Crippen LogP contribution < -0.4 is 5.49 Å². The zero-order chi connectivity index (χ0) is 10.6. The van der Waals surface area contributed by atoms with Gasteiger partial charge in [-0.1, -0.05) is 18.2 Å². The third kappa shape index (κ3) is 1.98. The zero-order valence-corrected chi connectivity index (χ0v) is 8.36. The van der Waals surface area contributed by atoms with E-state index in [2.05, 4.69) is 21.7 Å². The molecule has 0 aliphatic rings. The van der Waals surface area contributed by atoms with Crippen LogP contribution in [0, 0.1) is 11.3 Å². The summed E-state index contributed by atoms with van der Waals surface area (Å²) in [6.45, 7) is 3.70. The Morgan fingerprint density at radius 1 is 1.86 bits per heavy atom. The van der Waals surface area contributed by atoms with Crippen LogP contribution in [-0.2, 0) is 0 Å². The van der Waals surface area contributed by atoms with Gasteiger partial charge in [0.15, 0.2) is 10.6 Å². The molecule has 0 aliphatic carbocycles. The van der Waals surface area contributed by atoms with Gasteiger partial charge in [0, 0.05) is 7.05 Å². The molecule has 0 saturated heterocycles. The van der Waals surface area contributed by atoms with Gasteiger partial charge in [-0.2, -0.15) is 10.4 Å². The molecule has 1 heterocycles. The van der Waals surface area contributed by atoms with Crippen molar-refractivity contribution in [1.29, 1.82) is 5.26 Å². The highest BCUT2D eigenvalue weighted by molar-refractivity contribution is 6.29. The Morgan fingerprint density at radius 2 is 2.57 bits per heavy atom. The van der Waals surface area contributed by atoms with Gasteiger partial charge in [-0.25, -0.2) is 9.67 Å². The highest BCUT2D eigenvalue weighted by Crippen LogP contribution is 2.01. The van der Waals surface area contributed by atoms with Gasteiger partial charge in [0.2, 0.25) is 0 Å². The lowest BCUT2D eigenvalue weighted by Gasteiger charge is -2.05. The molecule has 0 aliphatic heterocycles. The van der Waals surface area contributed by atoms with Gasteiger partial charge in [-0.15, -0.1) is 0 Å². The fourth-order valence-electron chi connectivity index (χ4n) is 0.912. The lowest BCUT2D eigenvalue weighted by molar-refractivity contribution is 0.760. The molecule has 72 valence electrons. The topological polar surface area (TPSA) is 66.9 Å². The Kier molecular flexibility index (Phi) is 3.37. The van der Waals surface area contributed by atoms with Crippen molar-refractivity contribution in [2.75, 3.05) is 7.05 Å². The first-order valence-corrected chi connectivity index (χ1v) is 4.16. The minimum Gasteiger partial charge on any atom is -0.267 e. The molecule has 1 aromatic heterocycles. The number of nitrogens with zero attached hydrogens (tertiary/aromatic N) is 5. The summed E-state index contributed by atoms with van der Waals surface area (Å²) in [6.07, 6.45) is 1.46. The van der Waals surface area contributed by atoms with Crippen LogP contribution in [0.5, 0.6) is 0 Å². The molecule has 14 heavy (non-hydrogen) atoms. The van der Waals surface area contributed by atoms with Gasteiger partial charge in [0.1, 0.15) is 6.33 Å². The first-order chi connectivity index (χ1) is 6.70. The molecule has 0 N–H and O–H groups in total. The predicted octanol–water partition coefficient (Wildman–Crippen LogP) is 0.846. The third-order valence-corrected chi connectivity index (χ3v) is 1.78. The fourth-order valence-corrected chi connectivity index (χ4v) is 1.12. The number of rotatable bonds is 2. The molecule has 1 aromatic rings. The first kappa shape index (κ1) is 10.4. The van der Waals surface area contributed by atoms with Gasteiger partial charge in [-0.05, 0) is 0 Å². The summed E-state index contributed by atoms with van der Waals surface area (Å²) < 4.78 is 1.40. The summed E-state index contributed by atoms with van der Waals surface area (Å²) in [4.78, 5) is 7.68. The van der Waals surface area contributed by atoms with Crippen LogP contribution >= 0.6 is 11.6 Å². The zero-order valence-electron chi connectivity index (χ0n) is 7.61. The average molecular weight is 210 g/mol.